The number of amides is 2. The number of aliphatic carboxylic acids is 1. The third-order valence-electron chi connectivity index (χ3n) is 3.85. The molecule has 0 fully saturated rings. The molecule has 0 aliphatic carbocycles. The van der Waals surface area contributed by atoms with Crippen LogP contribution in [0.15, 0.2) is 0 Å². The molecule has 0 bridgehead atoms. The van der Waals surface area contributed by atoms with Gasteiger partial charge in [-0.15, -0.1) is 0 Å². The van der Waals surface area contributed by atoms with Crippen LogP contribution in [0.2, 0.25) is 0 Å². The largest absolute Gasteiger partial charge is 0.480 e. The van der Waals surface area contributed by atoms with E-state index in [9.17, 15) is 19.5 Å². The van der Waals surface area contributed by atoms with E-state index in [2.05, 4.69) is 0 Å². The monoisotopic (exact) mass is 357 g/mol. The fourth-order valence-electron chi connectivity index (χ4n) is 2.75. The van der Waals surface area contributed by atoms with Crippen LogP contribution in [0.4, 0.5) is 0 Å². The van der Waals surface area contributed by atoms with Crippen molar-refractivity contribution in [3.63, 3.8) is 0 Å². The normalized spacial score (nSPS) is 15.3. The molecule has 0 aliphatic rings. The number of nitrogens with zero attached hydrogens (tertiary/aromatic N) is 1. The zero-order valence-corrected chi connectivity index (χ0v) is 16.4. The molecule has 0 unspecified atom stereocenters. The summed E-state index contributed by atoms with van der Waals surface area (Å²) in [4.78, 5) is 38.2. The van der Waals surface area contributed by atoms with E-state index in [0.29, 0.717) is 12.8 Å². The number of carboxylic acids is 1. The molecule has 0 rings (SSSR count). The predicted octanol–water partition coefficient (Wildman–Crippen LogP) is 1.59. The van der Waals surface area contributed by atoms with E-state index in [0.717, 1.165) is 4.90 Å². The Morgan fingerprint density at radius 1 is 0.760 bits per heavy atom. The second kappa shape index (κ2) is 10.5. The number of hydrogen-bond donors (Lipinski definition) is 3. The molecule has 0 radical (unpaired) electrons. The summed E-state index contributed by atoms with van der Waals surface area (Å²) in [6.07, 6.45) is 0.904. The highest BCUT2D eigenvalue weighted by Gasteiger charge is 2.39. The van der Waals surface area contributed by atoms with Crippen LogP contribution in [0.5, 0.6) is 0 Å². The summed E-state index contributed by atoms with van der Waals surface area (Å²) in [6, 6.07) is -3.11. The van der Waals surface area contributed by atoms with Crippen molar-refractivity contribution in [2.45, 2.75) is 78.9 Å². The molecule has 0 aromatic carbocycles. The van der Waals surface area contributed by atoms with Crippen LogP contribution < -0.4 is 11.5 Å². The third kappa shape index (κ3) is 7.96. The van der Waals surface area contributed by atoms with E-state index in [1.165, 1.54) is 0 Å². The first-order valence-corrected chi connectivity index (χ1v) is 8.99. The van der Waals surface area contributed by atoms with Crippen LogP contribution in [0.25, 0.3) is 0 Å². The summed E-state index contributed by atoms with van der Waals surface area (Å²) in [7, 11) is 0. The number of carbonyl (C=O) groups is 3. The first kappa shape index (κ1) is 23.5. The van der Waals surface area contributed by atoms with Crippen molar-refractivity contribution in [1.29, 1.82) is 0 Å². The lowest BCUT2D eigenvalue weighted by molar-refractivity contribution is -0.160. The van der Waals surface area contributed by atoms with Gasteiger partial charge in [0.2, 0.25) is 11.8 Å². The third-order valence-corrected chi connectivity index (χ3v) is 3.85. The van der Waals surface area contributed by atoms with Crippen LogP contribution in [-0.4, -0.2) is 45.9 Å². The van der Waals surface area contributed by atoms with Gasteiger partial charge in [-0.25, -0.2) is 4.79 Å². The average molecular weight is 357 g/mol. The van der Waals surface area contributed by atoms with E-state index in [1.54, 1.807) is 0 Å². The van der Waals surface area contributed by atoms with Crippen LogP contribution in [0.3, 0.4) is 0 Å². The SMILES string of the molecule is CC(C)C[C@H](N)C(=O)N(C(=O)[C@@H](N)CC(C)C)[C@@H](CC(C)C)C(=O)O. The Hall–Kier alpha value is -1.47. The van der Waals surface area contributed by atoms with Gasteiger partial charge in [-0.3, -0.25) is 14.5 Å². The summed E-state index contributed by atoms with van der Waals surface area (Å²) >= 11 is 0. The first-order chi connectivity index (χ1) is 11.4. The molecular weight excluding hydrogens is 322 g/mol. The van der Waals surface area contributed by atoms with Crippen molar-refractivity contribution in [3.8, 4) is 0 Å². The molecule has 146 valence electrons. The molecule has 7 nitrogen and oxygen atoms in total. The number of hydrogen-bond acceptors (Lipinski definition) is 5. The molecule has 0 saturated carbocycles. The number of carboxylic acid groups (broad SMARTS) is 1. The van der Waals surface area contributed by atoms with Crippen molar-refractivity contribution in [2.75, 3.05) is 0 Å². The molecule has 0 aromatic heterocycles. The molecule has 0 aliphatic heterocycles. The van der Waals surface area contributed by atoms with Crippen LogP contribution >= 0.6 is 0 Å². The molecule has 5 N–H and O–H groups in total. The lowest BCUT2D eigenvalue weighted by Gasteiger charge is -2.32. The highest BCUT2D eigenvalue weighted by molar-refractivity contribution is 6.03. The number of imide groups is 1. The van der Waals surface area contributed by atoms with Crippen molar-refractivity contribution in [3.05, 3.63) is 0 Å². The fourth-order valence-corrected chi connectivity index (χ4v) is 2.75. The Bertz CT molecular complexity index is 435. The minimum atomic E-state index is -1.25. The summed E-state index contributed by atoms with van der Waals surface area (Å²) in [5.74, 6) is -2.25. The molecule has 3 atom stereocenters. The van der Waals surface area contributed by atoms with Crippen molar-refractivity contribution < 1.29 is 19.5 Å². The minimum Gasteiger partial charge on any atom is -0.480 e. The lowest BCUT2D eigenvalue weighted by atomic mass is 9.97. The Kier molecular flexibility index (Phi) is 9.89. The zero-order chi connectivity index (χ0) is 19.9. The Balaban J connectivity index is 5.72. The van der Waals surface area contributed by atoms with E-state index in [-0.39, 0.29) is 24.2 Å². The van der Waals surface area contributed by atoms with Gasteiger partial charge in [0.1, 0.15) is 6.04 Å². The maximum Gasteiger partial charge on any atom is 0.326 e. The Morgan fingerprint density at radius 3 is 1.32 bits per heavy atom. The van der Waals surface area contributed by atoms with E-state index in [4.69, 9.17) is 11.5 Å². The van der Waals surface area contributed by atoms with Crippen molar-refractivity contribution in [2.24, 2.45) is 29.2 Å². The van der Waals surface area contributed by atoms with Gasteiger partial charge in [-0.1, -0.05) is 41.5 Å². The summed E-state index contributed by atoms with van der Waals surface area (Å²) in [5, 5.41) is 9.59. The lowest BCUT2D eigenvalue weighted by Crippen LogP contribution is -2.58. The summed E-state index contributed by atoms with van der Waals surface area (Å²) in [5.41, 5.74) is 11.9. The Morgan fingerprint density at radius 2 is 1.08 bits per heavy atom. The molecule has 7 heteroatoms. The topological polar surface area (TPSA) is 127 Å². The van der Waals surface area contributed by atoms with E-state index in [1.807, 2.05) is 41.5 Å². The quantitative estimate of drug-likeness (QED) is 0.545. The minimum absolute atomic E-state index is 0.00755. The smallest absolute Gasteiger partial charge is 0.326 e. The molecule has 0 heterocycles. The highest BCUT2D eigenvalue weighted by Crippen LogP contribution is 2.18. The number of rotatable bonds is 10. The molecule has 2 amide bonds. The average Bonchev–Trinajstić information content (AvgIpc) is 2.43. The summed E-state index contributed by atoms with van der Waals surface area (Å²) < 4.78 is 0. The zero-order valence-electron chi connectivity index (χ0n) is 16.4. The van der Waals surface area contributed by atoms with Crippen molar-refractivity contribution >= 4 is 17.8 Å². The maximum absolute atomic E-state index is 12.8. The maximum atomic E-state index is 12.8. The number of carbonyl (C=O) groups excluding carboxylic acids is 2. The predicted molar refractivity (Wildman–Crippen MR) is 97.6 cm³/mol. The van der Waals surface area contributed by atoms with Crippen LogP contribution in [0, 0.1) is 17.8 Å². The first-order valence-electron chi connectivity index (χ1n) is 8.99. The van der Waals surface area contributed by atoms with Crippen LogP contribution in [-0.2, 0) is 14.4 Å². The molecular formula is C18H35N3O4. The summed E-state index contributed by atoms with van der Waals surface area (Å²) in [6.45, 7) is 11.3. The molecule has 0 saturated heterocycles. The van der Waals surface area contributed by atoms with Gasteiger partial charge in [0.05, 0.1) is 12.1 Å². The second-order valence-electron chi connectivity index (χ2n) is 8.00. The molecule has 25 heavy (non-hydrogen) atoms. The van der Waals surface area contributed by atoms with Gasteiger partial charge in [0, 0.05) is 0 Å². The highest BCUT2D eigenvalue weighted by atomic mass is 16.4. The van der Waals surface area contributed by atoms with Gasteiger partial charge in [-0.2, -0.15) is 0 Å². The second-order valence-corrected chi connectivity index (χ2v) is 8.00. The van der Waals surface area contributed by atoms with Gasteiger partial charge in [0.15, 0.2) is 0 Å². The van der Waals surface area contributed by atoms with Gasteiger partial charge < -0.3 is 16.6 Å². The standard InChI is InChI=1S/C18H35N3O4/c1-10(2)7-13(19)16(22)21(15(18(24)25)9-12(5)6)17(23)14(20)8-11(3)4/h10-15H,7-9,19-20H2,1-6H3,(H,24,25)/t13-,14-,15-/m0/s1. The van der Waals surface area contributed by atoms with E-state index >= 15 is 0 Å². The number of nitrogens with two attached hydrogens (primary N) is 2. The van der Waals surface area contributed by atoms with E-state index < -0.39 is 35.9 Å². The molecule has 0 spiro atoms. The van der Waals surface area contributed by atoms with Crippen molar-refractivity contribution in [1.82, 2.24) is 4.90 Å². The van der Waals surface area contributed by atoms with Gasteiger partial charge in [0.25, 0.3) is 0 Å². The van der Waals surface area contributed by atoms with Gasteiger partial charge >= 0.3 is 5.97 Å². The van der Waals surface area contributed by atoms with Crippen LogP contribution in [0.1, 0.15) is 60.8 Å². The molecule has 0 aromatic rings. The van der Waals surface area contributed by atoms with Gasteiger partial charge in [-0.05, 0) is 37.0 Å². The Labute approximate surface area is 151 Å². The fraction of sp³-hybridized carbons (Fsp3) is 0.833.